The van der Waals surface area contributed by atoms with Crippen LogP contribution in [0.25, 0.3) is 5.65 Å². The predicted octanol–water partition coefficient (Wildman–Crippen LogP) is -0.0823. The number of aromatic nitrogens is 5. The van der Waals surface area contributed by atoms with Gasteiger partial charge in [0.25, 0.3) is 0 Å². The Bertz CT molecular complexity index is 548. The van der Waals surface area contributed by atoms with Crippen molar-refractivity contribution in [2.75, 3.05) is 18.0 Å². The summed E-state index contributed by atoms with van der Waals surface area (Å²) >= 11 is 0. The van der Waals surface area contributed by atoms with Gasteiger partial charge in [-0.1, -0.05) is 6.92 Å². The number of nitrogens with one attached hydrogen (secondary N) is 1. The second kappa shape index (κ2) is 4.94. The quantitative estimate of drug-likeness (QED) is 0.565. The van der Waals surface area contributed by atoms with E-state index >= 15 is 0 Å². The van der Waals surface area contributed by atoms with Gasteiger partial charge in [-0.25, -0.2) is 0 Å². The monoisotopic (exact) mass is 248 g/mol. The maximum absolute atomic E-state index is 7.43. The Morgan fingerprint density at radius 3 is 3.00 bits per heavy atom. The lowest BCUT2D eigenvalue weighted by molar-refractivity contribution is 0.666. The van der Waals surface area contributed by atoms with Gasteiger partial charge in [0.15, 0.2) is 11.5 Å². The van der Waals surface area contributed by atoms with Crippen molar-refractivity contribution in [1.82, 2.24) is 25.3 Å². The molecule has 0 saturated heterocycles. The van der Waals surface area contributed by atoms with Crippen molar-refractivity contribution in [3.8, 4) is 0 Å². The number of nitrogens with two attached hydrogens (primary N) is 1. The molecule has 8 heteroatoms. The van der Waals surface area contributed by atoms with Crippen LogP contribution < -0.4 is 10.6 Å². The van der Waals surface area contributed by atoms with Gasteiger partial charge in [0.2, 0.25) is 0 Å². The van der Waals surface area contributed by atoms with E-state index in [9.17, 15) is 0 Å². The predicted molar refractivity (Wildman–Crippen MR) is 67.5 cm³/mol. The number of fused-ring (bicyclic) bond motifs is 1. The molecule has 0 amide bonds. The number of anilines is 1. The summed E-state index contributed by atoms with van der Waals surface area (Å²) in [5.74, 6) is 0.929. The van der Waals surface area contributed by atoms with Gasteiger partial charge in [0, 0.05) is 19.0 Å². The van der Waals surface area contributed by atoms with Gasteiger partial charge in [0.1, 0.15) is 0 Å². The summed E-state index contributed by atoms with van der Waals surface area (Å²) < 4.78 is 1.39. The molecule has 0 bridgehead atoms. The molecule has 0 fully saturated rings. The molecule has 96 valence electrons. The Morgan fingerprint density at radius 2 is 2.33 bits per heavy atom. The van der Waals surface area contributed by atoms with Crippen LogP contribution in [-0.2, 0) is 0 Å². The molecule has 2 rings (SSSR count). The molecule has 3 N–H and O–H groups in total. The number of hydrogen-bond donors (Lipinski definition) is 2. The van der Waals surface area contributed by atoms with Crippen molar-refractivity contribution < 1.29 is 0 Å². The minimum absolute atomic E-state index is 0.0173. The van der Waals surface area contributed by atoms with Crippen LogP contribution >= 0.6 is 0 Å². The normalized spacial score (nSPS) is 12.6. The minimum Gasteiger partial charge on any atom is -0.387 e. The smallest absolute Gasteiger partial charge is 0.200 e. The number of tetrazole rings is 1. The summed E-state index contributed by atoms with van der Waals surface area (Å²) in [6, 6.07) is 3.67. The van der Waals surface area contributed by atoms with Crippen molar-refractivity contribution in [3.05, 3.63) is 12.1 Å². The van der Waals surface area contributed by atoms with E-state index in [2.05, 4.69) is 20.6 Å². The number of amidine groups is 1. The SMILES string of the molecule is CCN(CC(C)C(=N)N)c1ccc2nnnn2n1. The lowest BCUT2D eigenvalue weighted by Gasteiger charge is -2.24. The van der Waals surface area contributed by atoms with Crippen molar-refractivity contribution >= 4 is 17.3 Å². The Labute approximate surface area is 104 Å². The molecular weight excluding hydrogens is 232 g/mol. The van der Waals surface area contributed by atoms with E-state index in [1.54, 1.807) is 0 Å². The van der Waals surface area contributed by atoms with Crippen LogP contribution in [0.1, 0.15) is 13.8 Å². The molecule has 1 unspecified atom stereocenters. The largest absolute Gasteiger partial charge is 0.387 e. The van der Waals surface area contributed by atoms with Crippen LogP contribution in [0.4, 0.5) is 5.82 Å². The van der Waals surface area contributed by atoms with Gasteiger partial charge < -0.3 is 10.6 Å². The molecule has 2 aromatic heterocycles. The lowest BCUT2D eigenvalue weighted by Crippen LogP contribution is -2.35. The first-order chi connectivity index (χ1) is 8.61. The molecule has 0 radical (unpaired) electrons. The van der Waals surface area contributed by atoms with E-state index < -0.39 is 0 Å². The Hall–Kier alpha value is -2.25. The summed E-state index contributed by atoms with van der Waals surface area (Å²) in [7, 11) is 0. The highest BCUT2D eigenvalue weighted by atomic mass is 15.6. The van der Waals surface area contributed by atoms with Gasteiger partial charge in [-0.2, -0.15) is 0 Å². The lowest BCUT2D eigenvalue weighted by atomic mass is 10.1. The van der Waals surface area contributed by atoms with Gasteiger partial charge in [-0.05, 0) is 29.5 Å². The van der Waals surface area contributed by atoms with E-state index in [4.69, 9.17) is 11.1 Å². The first-order valence-corrected chi connectivity index (χ1v) is 5.76. The van der Waals surface area contributed by atoms with E-state index in [1.807, 2.05) is 30.9 Å². The number of nitrogens with zero attached hydrogens (tertiary/aromatic N) is 6. The molecule has 18 heavy (non-hydrogen) atoms. The molecule has 0 aliphatic heterocycles. The molecule has 2 heterocycles. The van der Waals surface area contributed by atoms with Crippen LogP contribution in [0.3, 0.4) is 0 Å². The highest BCUT2D eigenvalue weighted by Crippen LogP contribution is 2.12. The maximum atomic E-state index is 7.43. The molecule has 0 aliphatic carbocycles. The third kappa shape index (κ3) is 2.36. The first-order valence-electron chi connectivity index (χ1n) is 5.76. The van der Waals surface area contributed by atoms with Crippen LogP contribution in [0, 0.1) is 11.3 Å². The zero-order chi connectivity index (χ0) is 13.1. The summed E-state index contributed by atoms with van der Waals surface area (Å²) in [6.45, 7) is 5.36. The fourth-order valence-corrected chi connectivity index (χ4v) is 1.62. The van der Waals surface area contributed by atoms with Crippen molar-refractivity contribution in [3.63, 3.8) is 0 Å². The summed E-state index contributed by atoms with van der Waals surface area (Å²) in [4.78, 5) is 2.03. The van der Waals surface area contributed by atoms with Crippen molar-refractivity contribution in [2.24, 2.45) is 11.7 Å². The van der Waals surface area contributed by atoms with Crippen LogP contribution in [-0.4, -0.2) is 44.2 Å². The van der Waals surface area contributed by atoms with Crippen molar-refractivity contribution in [1.29, 1.82) is 5.41 Å². The zero-order valence-corrected chi connectivity index (χ0v) is 10.4. The summed E-state index contributed by atoms with van der Waals surface area (Å²) in [6.07, 6.45) is 0. The number of hydrogen-bond acceptors (Lipinski definition) is 6. The van der Waals surface area contributed by atoms with E-state index in [-0.39, 0.29) is 11.8 Å². The molecule has 0 spiro atoms. The summed E-state index contributed by atoms with van der Waals surface area (Å²) in [5.41, 5.74) is 6.10. The first kappa shape index (κ1) is 12.2. The second-order valence-electron chi connectivity index (χ2n) is 4.11. The average molecular weight is 248 g/mol. The minimum atomic E-state index is -0.0173. The highest BCUT2D eigenvalue weighted by Gasteiger charge is 2.13. The molecule has 0 aromatic carbocycles. The van der Waals surface area contributed by atoms with Crippen LogP contribution in [0.5, 0.6) is 0 Å². The molecule has 0 saturated carbocycles. The van der Waals surface area contributed by atoms with Gasteiger partial charge in [0.05, 0.1) is 5.84 Å². The third-order valence-corrected chi connectivity index (χ3v) is 2.79. The molecule has 8 nitrogen and oxygen atoms in total. The molecular formula is C10H16N8. The highest BCUT2D eigenvalue weighted by molar-refractivity contribution is 5.79. The molecule has 2 aromatic rings. The van der Waals surface area contributed by atoms with E-state index in [1.165, 1.54) is 4.63 Å². The fraction of sp³-hybridized carbons (Fsp3) is 0.500. The zero-order valence-electron chi connectivity index (χ0n) is 10.4. The Balaban J connectivity index is 2.23. The van der Waals surface area contributed by atoms with Crippen molar-refractivity contribution in [2.45, 2.75) is 13.8 Å². The topological polar surface area (TPSA) is 109 Å². The van der Waals surface area contributed by atoms with Crippen LogP contribution in [0.15, 0.2) is 12.1 Å². The number of rotatable bonds is 5. The maximum Gasteiger partial charge on any atom is 0.200 e. The van der Waals surface area contributed by atoms with Gasteiger partial charge >= 0.3 is 0 Å². The second-order valence-corrected chi connectivity index (χ2v) is 4.11. The fourth-order valence-electron chi connectivity index (χ4n) is 1.62. The third-order valence-electron chi connectivity index (χ3n) is 2.79. The van der Waals surface area contributed by atoms with E-state index in [0.717, 1.165) is 12.4 Å². The van der Waals surface area contributed by atoms with Crippen LogP contribution in [0.2, 0.25) is 0 Å². The Kier molecular flexibility index (Phi) is 3.35. The van der Waals surface area contributed by atoms with E-state index in [0.29, 0.717) is 12.2 Å². The standard InChI is InChI=1S/C10H16N8/c1-3-17(6-7(2)10(11)12)9-5-4-8-13-15-16-18(8)14-9/h4-5,7H,3,6H2,1-2H3,(H3,11,12). The van der Waals surface area contributed by atoms with Gasteiger partial charge in [-0.3, -0.25) is 5.41 Å². The molecule has 0 aliphatic rings. The summed E-state index contributed by atoms with van der Waals surface area (Å²) in [5, 5.41) is 22.9. The average Bonchev–Trinajstić information content (AvgIpc) is 2.82. The molecule has 1 atom stereocenters. The van der Waals surface area contributed by atoms with Gasteiger partial charge in [-0.15, -0.1) is 14.8 Å². The Morgan fingerprint density at radius 1 is 1.56 bits per heavy atom.